The monoisotopic (exact) mass is 376 g/mol. The van der Waals surface area contributed by atoms with Crippen molar-refractivity contribution in [1.29, 1.82) is 0 Å². The molecule has 1 aliphatic rings. The predicted molar refractivity (Wildman–Crippen MR) is 98.5 cm³/mol. The van der Waals surface area contributed by atoms with E-state index in [1.165, 1.54) is 4.31 Å². The molecule has 0 unspecified atom stereocenters. The second-order valence-corrected chi connectivity index (χ2v) is 8.79. The maximum atomic E-state index is 12.8. The van der Waals surface area contributed by atoms with Gasteiger partial charge in [0.25, 0.3) is 5.91 Å². The lowest BCUT2D eigenvalue weighted by molar-refractivity contribution is 0.0692. The number of hydrogen-bond donors (Lipinski definition) is 1. The number of aryl methyl sites for hydroxylation is 1. The first kappa shape index (κ1) is 18.6. The third-order valence-corrected chi connectivity index (χ3v) is 6.55. The van der Waals surface area contributed by atoms with Crippen LogP contribution in [0.1, 0.15) is 41.5 Å². The third kappa shape index (κ3) is 3.66. The van der Waals surface area contributed by atoms with Crippen LogP contribution < -0.4 is 0 Å². The van der Waals surface area contributed by atoms with Gasteiger partial charge in [0.1, 0.15) is 5.69 Å². The summed E-state index contributed by atoms with van der Waals surface area (Å²) in [4.78, 5) is 14.4. The zero-order chi connectivity index (χ0) is 18.9. The second-order valence-electron chi connectivity index (χ2n) is 6.86. The van der Waals surface area contributed by atoms with E-state index in [9.17, 15) is 13.2 Å². The number of nitrogens with one attached hydrogen (secondary N) is 1. The Morgan fingerprint density at radius 2 is 1.73 bits per heavy atom. The average molecular weight is 376 g/mol. The van der Waals surface area contributed by atoms with E-state index in [4.69, 9.17) is 0 Å². The molecule has 1 aromatic carbocycles. The van der Waals surface area contributed by atoms with Crippen LogP contribution in [0.4, 0.5) is 0 Å². The van der Waals surface area contributed by atoms with Crippen molar-refractivity contribution in [2.75, 3.05) is 26.2 Å². The summed E-state index contributed by atoms with van der Waals surface area (Å²) in [6, 6.07) is 8.74. The Morgan fingerprint density at radius 1 is 1.12 bits per heavy atom. The lowest BCUT2D eigenvalue weighted by atomic mass is 10.0. The van der Waals surface area contributed by atoms with E-state index in [0.717, 1.165) is 11.3 Å². The van der Waals surface area contributed by atoms with E-state index < -0.39 is 10.0 Å². The molecule has 0 bridgehead atoms. The van der Waals surface area contributed by atoms with Crippen molar-refractivity contribution in [2.45, 2.75) is 31.6 Å². The van der Waals surface area contributed by atoms with Crippen LogP contribution in [0.25, 0.3) is 0 Å². The van der Waals surface area contributed by atoms with Crippen LogP contribution >= 0.6 is 0 Å². The summed E-state index contributed by atoms with van der Waals surface area (Å²) in [6.07, 6.45) is 0. The van der Waals surface area contributed by atoms with E-state index in [1.54, 1.807) is 23.1 Å². The van der Waals surface area contributed by atoms with Crippen molar-refractivity contribution in [3.63, 3.8) is 0 Å². The molecule has 0 radical (unpaired) electrons. The van der Waals surface area contributed by atoms with Gasteiger partial charge in [-0.3, -0.25) is 9.89 Å². The van der Waals surface area contributed by atoms with Crippen LogP contribution in [0, 0.1) is 6.92 Å². The molecule has 26 heavy (non-hydrogen) atoms. The molecule has 1 aromatic heterocycles. The van der Waals surface area contributed by atoms with Crippen LogP contribution in [0.2, 0.25) is 0 Å². The van der Waals surface area contributed by atoms with Crippen molar-refractivity contribution in [2.24, 2.45) is 0 Å². The van der Waals surface area contributed by atoms with Gasteiger partial charge in [-0.2, -0.15) is 9.40 Å². The van der Waals surface area contributed by atoms with E-state index >= 15 is 0 Å². The van der Waals surface area contributed by atoms with Gasteiger partial charge in [0.05, 0.1) is 4.90 Å². The minimum absolute atomic E-state index is 0.173. The summed E-state index contributed by atoms with van der Waals surface area (Å²) >= 11 is 0. The SMILES string of the molecule is Cc1cc(C(=O)N2CCN(S(=O)(=O)c3ccc(C(C)C)cc3)CC2)n[nH]1. The number of benzene rings is 1. The first-order chi connectivity index (χ1) is 12.3. The zero-order valence-electron chi connectivity index (χ0n) is 15.3. The molecule has 1 fully saturated rings. The van der Waals surface area contributed by atoms with Gasteiger partial charge in [-0.1, -0.05) is 26.0 Å². The minimum Gasteiger partial charge on any atom is -0.335 e. The number of sulfonamides is 1. The topological polar surface area (TPSA) is 86.4 Å². The van der Waals surface area contributed by atoms with Crippen LogP contribution in [0.5, 0.6) is 0 Å². The highest BCUT2D eigenvalue weighted by Crippen LogP contribution is 2.21. The molecule has 1 saturated heterocycles. The number of H-pyrrole nitrogens is 1. The van der Waals surface area contributed by atoms with Gasteiger partial charge in [-0.15, -0.1) is 0 Å². The maximum Gasteiger partial charge on any atom is 0.274 e. The molecule has 2 heterocycles. The summed E-state index contributed by atoms with van der Waals surface area (Å²) in [5, 5.41) is 6.73. The average Bonchev–Trinajstić information content (AvgIpc) is 3.07. The van der Waals surface area contributed by atoms with Gasteiger partial charge >= 0.3 is 0 Å². The number of aromatic amines is 1. The number of carbonyl (C=O) groups excluding carboxylic acids is 1. The molecule has 2 aromatic rings. The largest absolute Gasteiger partial charge is 0.335 e. The number of piperazine rings is 1. The van der Waals surface area contributed by atoms with E-state index in [1.807, 2.05) is 19.1 Å². The first-order valence-corrected chi connectivity index (χ1v) is 10.1. The van der Waals surface area contributed by atoms with Crippen LogP contribution in [0.15, 0.2) is 35.2 Å². The fourth-order valence-corrected chi connectivity index (χ4v) is 4.42. The number of rotatable bonds is 4. The standard InChI is InChI=1S/C18H24N4O3S/c1-13(2)15-4-6-16(7-5-15)26(24,25)22-10-8-21(9-11-22)18(23)17-12-14(3)19-20-17/h4-7,12-13H,8-11H2,1-3H3,(H,19,20). The number of aromatic nitrogens is 2. The smallest absolute Gasteiger partial charge is 0.274 e. The van der Waals surface area contributed by atoms with Gasteiger partial charge in [0, 0.05) is 31.9 Å². The van der Waals surface area contributed by atoms with Crippen molar-refractivity contribution in [3.8, 4) is 0 Å². The maximum absolute atomic E-state index is 12.8. The van der Waals surface area contributed by atoms with Crippen LogP contribution in [0.3, 0.4) is 0 Å². The van der Waals surface area contributed by atoms with Gasteiger partial charge in [0.2, 0.25) is 10.0 Å². The number of amides is 1. The molecule has 0 saturated carbocycles. The van der Waals surface area contributed by atoms with Gasteiger partial charge < -0.3 is 4.90 Å². The summed E-state index contributed by atoms with van der Waals surface area (Å²) in [5.74, 6) is 0.180. The van der Waals surface area contributed by atoms with Gasteiger partial charge in [-0.25, -0.2) is 8.42 Å². The Bertz CT molecular complexity index is 879. The second kappa shape index (κ2) is 7.20. The quantitative estimate of drug-likeness (QED) is 0.884. The molecule has 0 atom stereocenters. The van der Waals surface area contributed by atoms with E-state index in [0.29, 0.717) is 29.6 Å². The fraction of sp³-hybridized carbons (Fsp3) is 0.444. The molecule has 3 rings (SSSR count). The highest BCUT2D eigenvalue weighted by molar-refractivity contribution is 7.89. The lowest BCUT2D eigenvalue weighted by Crippen LogP contribution is -2.50. The van der Waals surface area contributed by atoms with Crippen LogP contribution in [-0.4, -0.2) is 59.9 Å². The Morgan fingerprint density at radius 3 is 2.23 bits per heavy atom. The third-order valence-electron chi connectivity index (χ3n) is 4.64. The number of nitrogens with zero attached hydrogens (tertiary/aromatic N) is 3. The van der Waals surface area contributed by atoms with Crippen molar-refractivity contribution < 1.29 is 13.2 Å². The predicted octanol–water partition coefficient (Wildman–Crippen LogP) is 1.99. The Balaban J connectivity index is 1.67. The van der Waals surface area contributed by atoms with E-state index in [-0.39, 0.29) is 19.0 Å². The number of hydrogen-bond acceptors (Lipinski definition) is 4. The van der Waals surface area contributed by atoms with Crippen molar-refractivity contribution >= 4 is 15.9 Å². The minimum atomic E-state index is -3.54. The summed E-state index contributed by atoms with van der Waals surface area (Å²) in [6.45, 7) is 7.24. The lowest BCUT2D eigenvalue weighted by Gasteiger charge is -2.33. The Kier molecular flexibility index (Phi) is 5.15. The van der Waals surface area contributed by atoms with Gasteiger partial charge in [-0.05, 0) is 36.6 Å². The molecule has 0 aliphatic carbocycles. The van der Waals surface area contributed by atoms with Crippen molar-refractivity contribution in [1.82, 2.24) is 19.4 Å². The Hall–Kier alpha value is -2.19. The molecular formula is C18H24N4O3S. The summed E-state index contributed by atoms with van der Waals surface area (Å²) < 4.78 is 27.1. The first-order valence-electron chi connectivity index (χ1n) is 8.70. The summed E-state index contributed by atoms with van der Waals surface area (Å²) in [5.41, 5.74) is 2.29. The molecular weight excluding hydrogens is 352 g/mol. The van der Waals surface area contributed by atoms with Gasteiger partial charge in [0.15, 0.2) is 0 Å². The molecule has 140 valence electrons. The molecule has 1 aliphatic heterocycles. The zero-order valence-corrected chi connectivity index (χ0v) is 16.1. The normalized spacial score (nSPS) is 16.2. The highest BCUT2D eigenvalue weighted by Gasteiger charge is 2.31. The summed E-state index contributed by atoms with van der Waals surface area (Å²) in [7, 11) is -3.54. The molecule has 7 nitrogen and oxygen atoms in total. The molecule has 1 amide bonds. The van der Waals surface area contributed by atoms with E-state index in [2.05, 4.69) is 24.0 Å². The fourth-order valence-electron chi connectivity index (χ4n) is 2.99. The molecule has 1 N–H and O–H groups in total. The van der Waals surface area contributed by atoms with Crippen molar-refractivity contribution in [3.05, 3.63) is 47.3 Å². The highest BCUT2D eigenvalue weighted by atomic mass is 32.2. The van der Waals surface area contributed by atoms with Crippen LogP contribution in [-0.2, 0) is 10.0 Å². The molecule has 8 heteroatoms. The molecule has 0 spiro atoms. The number of carbonyl (C=O) groups is 1. The Labute approximate surface area is 154 Å².